The highest BCUT2D eigenvalue weighted by Crippen LogP contribution is 2.32. The summed E-state index contributed by atoms with van der Waals surface area (Å²) in [4.78, 5) is 0. The van der Waals surface area contributed by atoms with Crippen LogP contribution in [0.15, 0.2) is 285 Å². The number of aryl methyl sites for hydroxylation is 5. The SMILES string of the molecule is Cc1cc(-c2ccccc2)c2ccccc2c1.Cc1ccc2cc(-c3ccccc3)ccc2c1.Cc1ccc2ccccc2c1.Cc1cccc2c(-c3ccccc3)cccc12.Cc1cccc2ccccc12. The third kappa shape index (κ3) is 12.6. The van der Waals surface area contributed by atoms with Gasteiger partial charge < -0.3 is 0 Å². The number of rotatable bonds is 3. The van der Waals surface area contributed by atoms with E-state index in [1.54, 1.807) is 0 Å². The lowest BCUT2D eigenvalue weighted by atomic mass is 9.96. The molecule has 73 heavy (non-hydrogen) atoms. The summed E-state index contributed by atoms with van der Waals surface area (Å²) in [7, 11) is 0. The first-order valence-corrected chi connectivity index (χ1v) is 25.3. The largest absolute Gasteiger partial charge is 0.0622 e. The van der Waals surface area contributed by atoms with E-state index in [2.05, 4.69) is 314 Å². The van der Waals surface area contributed by atoms with Gasteiger partial charge in [0.05, 0.1) is 0 Å². The molecule has 0 saturated carbocycles. The van der Waals surface area contributed by atoms with Gasteiger partial charge in [-0.25, -0.2) is 0 Å². The molecular formula is C73H62. The highest BCUT2D eigenvalue weighted by Gasteiger charge is 2.06. The van der Waals surface area contributed by atoms with Crippen molar-refractivity contribution in [2.45, 2.75) is 34.6 Å². The van der Waals surface area contributed by atoms with Crippen LogP contribution in [-0.2, 0) is 0 Å². The molecule has 0 saturated heterocycles. The van der Waals surface area contributed by atoms with E-state index in [9.17, 15) is 0 Å². The van der Waals surface area contributed by atoms with E-state index in [1.165, 1.54) is 115 Å². The molecule has 0 heterocycles. The Kier molecular flexibility index (Phi) is 16.1. The summed E-state index contributed by atoms with van der Waals surface area (Å²) in [6.07, 6.45) is 0. The monoisotopic (exact) mass is 938 g/mol. The minimum absolute atomic E-state index is 1.27. The van der Waals surface area contributed by atoms with Crippen LogP contribution < -0.4 is 0 Å². The summed E-state index contributed by atoms with van der Waals surface area (Å²) in [5.41, 5.74) is 14.4. The van der Waals surface area contributed by atoms with Crippen LogP contribution in [0.25, 0.3) is 87.2 Å². The van der Waals surface area contributed by atoms with Crippen LogP contribution in [0.3, 0.4) is 0 Å². The zero-order valence-electron chi connectivity index (χ0n) is 42.6. The summed E-state index contributed by atoms with van der Waals surface area (Å²) in [6.45, 7) is 10.7. The summed E-state index contributed by atoms with van der Waals surface area (Å²) in [5, 5.41) is 13.2. The predicted octanol–water partition coefficient (Wildman–Crippen LogP) is 20.7. The van der Waals surface area contributed by atoms with Gasteiger partial charge in [-0.3, -0.25) is 0 Å². The molecular weight excluding hydrogens is 877 g/mol. The molecule has 0 nitrogen and oxygen atoms in total. The van der Waals surface area contributed by atoms with Crippen LogP contribution >= 0.6 is 0 Å². The fourth-order valence-electron chi connectivity index (χ4n) is 9.53. The second-order valence-electron chi connectivity index (χ2n) is 18.8. The fourth-order valence-corrected chi connectivity index (χ4v) is 9.53. The summed E-state index contributed by atoms with van der Waals surface area (Å²) in [5.74, 6) is 0. The molecule has 0 spiro atoms. The quantitative estimate of drug-likeness (QED) is 0.166. The molecule has 13 aromatic carbocycles. The Labute approximate surface area is 432 Å². The highest BCUT2D eigenvalue weighted by molar-refractivity contribution is 5.99. The third-order valence-corrected chi connectivity index (χ3v) is 13.3. The number of hydrogen-bond acceptors (Lipinski definition) is 0. The maximum atomic E-state index is 2.26. The summed E-state index contributed by atoms with van der Waals surface area (Å²) in [6, 6.07) is 101. The van der Waals surface area contributed by atoms with Gasteiger partial charge in [-0.1, -0.05) is 290 Å². The van der Waals surface area contributed by atoms with Crippen LogP contribution in [0.2, 0.25) is 0 Å². The molecule has 0 bridgehead atoms. The Morgan fingerprint density at radius 1 is 0.178 bits per heavy atom. The lowest BCUT2D eigenvalue weighted by Crippen LogP contribution is -1.83. The van der Waals surface area contributed by atoms with Crippen molar-refractivity contribution >= 4 is 53.9 Å². The second-order valence-corrected chi connectivity index (χ2v) is 18.8. The molecule has 0 aliphatic carbocycles. The zero-order chi connectivity index (χ0) is 50.4. The van der Waals surface area contributed by atoms with E-state index in [1.807, 2.05) is 6.07 Å². The summed E-state index contributed by atoms with van der Waals surface area (Å²) >= 11 is 0. The molecule has 0 aliphatic rings. The fraction of sp³-hybridized carbons (Fsp3) is 0.0685. The molecule has 0 aliphatic heterocycles. The molecule has 0 amide bonds. The van der Waals surface area contributed by atoms with Crippen molar-refractivity contribution < 1.29 is 0 Å². The van der Waals surface area contributed by atoms with E-state index < -0.39 is 0 Å². The predicted molar refractivity (Wildman–Crippen MR) is 320 cm³/mol. The van der Waals surface area contributed by atoms with Crippen LogP contribution in [0, 0.1) is 34.6 Å². The molecule has 0 aromatic heterocycles. The van der Waals surface area contributed by atoms with Crippen LogP contribution in [0.4, 0.5) is 0 Å². The van der Waals surface area contributed by atoms with Gasteiger partial charge in [0.25, 0.3) is 0 Å². The standard InChI is InChI=1S/3C17H14.2C11H10/c1-13-7-5-12-17-15(13)10-6-11-16(17)14-8-3-2-4-9-14;1-13-11-15-9-5-6-10-16(15)17(12-13)14-7-3-2-4-8-14;1-13-7-8-17-12-16(10-9-15(17)11-13)14-5-3-2-4-6-14;1-9-5-4-7-10-6-2-3-8-11(9)10;1-9-6-7-10-4-2-3-5-11(10)8-9/h3*2-12H,1H3;2*2-8H,1H3. The molecule has 0 fully saturated rings. The Balaban J connectivity index is 0.000000114. The van der Waals surface area contributed by atoms with Gasteiger partial charge in [0.1, 0.15) is 0 Å². The van der Waals surface area contributed by atoms with Gasteiger partial charge in [-0.15, -0.1) is 0 Å². The van der Waals surface area contributed by atoms with Crippen molar-refractivity contribution in [2.24, 2.45) is 0 Å². The second kappa shape index (κ2) is 23.8. The Morgan fingerprint density at radius 2 is 0.589 bits per heavy atom. The minimum Gasteiger partial charge on any atom is -0.0622 e. The van der Waals surface area contributed by atoms with Gasteiger partial charge in [-0.2, -0.15) is 0 Å². The minimum atomic E-state index is 1.27. The van der Waals surface area contributed by atoms with E-state index in [4.69, 9.17) is 0 Å². The number of hydrogen-bond donors (Lipinski definition) is 0. The van der Waals surface area contributed by atoms with Crippen molar-refractivity contribution in [3.63, 3.8) is 0 Å². The average Bonchev–Trinajstić information content (AvgIpc) is 3.44. The van der Waals surface area contributed by atoms with E-state index in [0.717, 1.165) is 0 Å². The van der Waals surface area contributed by atoms with Crippen LogP contribution in [0.5, 0.6) is 0 Å². The van der Waals surface area contributed by atoms with Gasteiger partial charge >= 0.3 is 0 Å². The van der Waals surface area contributed by atoms with Crippen molar-refractivity contribution in [3.8, 4) is 33.4 Å². The van der Waals surface area contributed by atoms with E-state index in [0.29, 0.717) is 0 Å². The normalized spacial score (nSPS) is 10.5. The molecule has 354 valence electrons. The Bertz CT molecular complexity index is 3870. The summed E-state index contributed by atoms with van der Waals surface area (Å²) < 4.78 is 0. The van der Waals surface area contributed by atoms with Gasteiger partial charge in [-0.05, 0) is 145 Å². The lowest BCUT2D eigenvalue weighted by molar-refractivity contribution is 1.50. The lowest BCUT2D eigenvalue weighted by Gasteiger charge is -2.08. The molecule has 0 N–H and O–H groups in total. The molecule has 13 aromatic rings. The maximum absolute atomic E-state index is 2.26. The Morgan fingerprint density at radius 3 is 1.25 bits per heavy atom. The van der Waals surface area contributed by atoms with Crippen molar-refractivity contribution in [2.75, 3.05) is 0 Å². The maximum Gasteiger partial charge on any atom is -0.0103 e. The average molecular weight is 939 g/mol. The number of benzene rings is 13. The van der Waals surface area contributed by atoms with Crippen LogP contribution in [-0.4, -0.2) is 0 Å². The first-order valence-electron chi connectivity index (χ1n) is 25.3. The topological polar surface area (TPSA) is 0 Å². The third-order valence-electron chi connectivity index (χ3n) is 13.3. The first kappa shape index (κ1) is 49.2. The smallest absolute Gasteiger partial charge is 0.0103 e. The van der Waals surface area contributed by atoms with Crippen molar-refractivity contribution in [1.29, 1.82) is 0 Å². The van der Waals surface area contributed by atoms with Gasteiger partial charge in [0.2, 0.25) is 0 Å². The number of fused-ring (bicyclic) bond motifs is 5. The van der Waals surface area contributed by atoms with E-state index >= 15 is 0 Å². The highest BCUT2D eigenvalue weighted by atomic mass is 14.1. The zero-order valence-corrected chi connectivity index (χ0v) is 42.6. The molecule has 0 heteroatoms. The Hall–Kier alpha value is -8.84. The molecule has 13 rings (SSSR count). The molecule has 0 radical (unpaired) electrons. The molecule has 0 unspecified atom stereocenters. The van der Waals surface area contributed by atoms with E-state index in [-0.39, 0.29) is 0 Å². The first-order chi connectivity index (χ1) is 35.8. The molecule has 0 atom stereocenters. The van der Waals surface area contributed by atoms with Crippen molar-refractivity contribution in [1.82, 2.24) is 0 Å². The van der Waals surface area contributed by atoms with Crippen LogP contribution in [0.1, 0.15) is 27.8 Å². The van der Waals surface area contributed by atoms with Gasteiger partial charge in [0.15, 0.2) is 0 Å². The van der Waals surface area contributed by atoms with Gasteiger partial charge in [0, 0.05) is 0 Å². The van der Waals surface area contributed by atoms with Crippen molar-refractivity contribution in [3.05, 3.63) is 313 Å².